The predicted octanol–water partition coefficient (Wildman–Crippen LogP) is 5.62. The summed E-state index contributed by atoms with van der Waals surface area (Å²) < 4.78 is 14.7. The van der Waals surface area contributed by atoms with Gasteiger partial charge in [-0.15, -0.1) is 0 Å². The Morgan fingerprint density at radius 3 is 2.58 bits per heavy atom. The molecule has 3 heteroatoms. The normalized spacial score (nSPS) is 12.4. The van der Waals surface area contributed by atoms with Gasteiger partial charge in [-0.25, -0.2) is 4.39 Å². The molecule has 0 amide bonds. The molecule has 0 saturated heterocycles. The van der Waals surface area contributed by atoms with Gasteiger partial charge in [0, 0.05) is 9.80 Å². The molecule has 0 fully saturated rings. The van der Waals surface area contributed by atoms with Crippen LogP contribution in [-0.4, -0.2) is 5.33 Å². The fourth-order valence-electron chi connectivity index (χ4n) is 2.14. The lowest BCUT2D eigenvalue weighted by molar-refractivity contribution is 0.598. The van der Waals surface area contributed by atoms with Gasteiger partial charge in [0.1, 0.15) is 5.82 Å². The maximum atomic E-state index is 13.9. The molecule has 0 heterocycles. The van der Waals surface area contributed by atoms with Gasteiger partial charge in [-0.05, 0) is 42.5 Å². The molecule has 0 nitrogen and oxygen atoms in total. The summed E-state index contributed by atoms with van der Waals surface area (Å²) in [6.07, 6.45) is 0.702. The van der Waals surface area contributed by atoms with E-state index < -0.39 is 0 Å². The topological polar surface area (TPSA) is 0 Å². The van der Waals surface area contributed by atoms with Crippen LogP contribution < -0.4 is 0 Å². The second-order valence-electron chi connectivity index (χ2n) is 4.71. The van der Waals surface area contributed by atoms with Crippen molar-refractivity contribution in [3.05, 3.63) is 69.4 Å². The Morgan fingerprint density at radius 2 is 1.95 bits per heavy atom. The zero-order valence-corrected chi connectivity index (χ0v) is 13.8. The molecule has 0 saturated carbocycles. The van der Waals surface area contributed by atoms with Gasteiger partial charge in [0.2, 0.25) is 0 Å². The molecular weight excluding hydrogens is 371 g/mol. The zero-order valence-electron chi connectivity index (χ0n) is 10.7. The van der Waals surface area contributed by atoms with E-state index >= 15 is 0 Å². The summed E-state index contributed by atoms with van der Waals surface area (Å²) in [7, 11) is 0. The fourth-order valence-corrected chi connectivity index (χ4v) is 3.07. The van der Waals surface area contributed by atoms with Crippen LogP contribution in [0.25, 0.3) is 0 Å². The Kier molecular flexibility index (Phi) is 5.17. The summed E-state index contributed by atoms with van der Waals surface area (Å²) in [4.78, 5) is 0. The van der Waals surface area contributed by atoms with E-state index in [1.807, 2.05) is 12.1 Å². The summed E-state index contributed by atoms with van der Waals surface area (Å²) in [6, 6.07) is 13.7. The Labute approximate surface area is 130 Å². The maximum Gasteiger partial charge on any atom is 0.127 e. The van der Waals surface area contributed by atoms with E-state index in [1.54, 1.807) is 0 Å². The van der Waals surface area contributed by atoms with Crippen LogP contribution in [0.5, 0.6) is 0 Å². The summed E-state index contributed by atoms with van der Waals surface area (Å²) in [5.74, 6) is 0.142. The first-order valence-electron chi connectivity index (χ1n) is 6.16. The summed E-state index contributed by atoms with van der Waals surface area (Å²) in [5, 5.41) is 0.825. The Morgan fingerprint density at radius 1 is 1.16 bits per heavy atom. The van der Waals surface area contributed by atoms with E-state index in [2.05, 4.69) is 63.0 Å². The van der Waals surface area contributed by atoms with Crippen molar-refractivity contribution in [2.45, 2.75) is 19.3 Å². The first kappa shape index (κ1) is 14.7. The number of rotatable bonds is 4. The molecule has 2 rings (SSSR count). The van der Waals surface area contributed by atoms with Crippen LogP contribution in [0.15, 0.2) is 46.9 Å². The van der Waals surface area contributed by atoms with Crippen molar-refractivity contribution in [2.24, 2.45) is 0 Å². The third kappa shape index (κ3) is 3.90. The second-order valence-corrected chi connectivity index (χ2v) is 6.27. The van der Waals surface area contributed by atoms with Crippen molar-refractivity contribution in [3.8, 4) is 0 Å². The summed E-state index contributed by atoms with van der Waals surface area (Å²) >= 11 is 6.83. The van der Waals surface area contributed by atoms with Crippen molar-refractivity contribution < 1.29 is 4.39 Å². The fraction of sp³-hybridized carbons (Fsp3) is 0.250. The van der Waals surface area contributed by atoms with E-state index in [0.29, 0.717) is 6.42 Å². The molecule has 100 valence electrons. The van der Waals surface area contributed by atoms with Gasteiger partial charge in [0.05, 0.1) is 0 Å². The van der Waals surface area contributed by atoms with Gasteiger partial charge in [-0.1, -0.05) is 67.8 Å². The smallest absolute Gasteiger partial charge is 0.127 e. The van der Waals surface area contributed by atoms with E-state index in [0.717, 1.165) is 15.4 Å². The van der Waals surface area contributed by atoms with Crippen LogP contribution in [-0.2, 0) is 6.42 Å². The number of hydrogen-bond donors (Lipinski definition) is 0. The highest BCUT2D eigenvalue weighted by Crippen LogP contribution is 2.26. The lowest BCUT2D eigenvalue weighted by Crippen LogP contribution is -2.06. The molecule has 0 N–H and O–H groups in total. The van der Waals surface area contributed by atoms with E-state index in [-0.39, 0.29) is 11.7 Å². The number of aryl methyl sites for hydroxylation is 1. The van der Waals surface area contributed by atoms with Crippen molar-refractivity contribution in [1.82, 2.24) is 0 Å². The quantitative estimate of drug-likeness (QED) is 0.599. The number of alkyl halides is 1. The molecule has 0 radical (unpaired) electrons. The van der Waals surface area contributed by atoms with Crippen LogP contribution in [0.2, 0.25) is 0 Å². The van der Waals surface area contributed by atoms with E-state index in [4.69, 9.17) is 0 Å². The van der Waals surface area contributed by atoms with Crippen molar-refractivity contribution >= 4 is 31.9 Å². The van der Waals surface area contributed by atoms with E-state index in [9.17, 15) is 4.39 Å². The largest absolute Gasteiger partial charge is 0.207 e. The monoisotopic (exact) mass is 384 g/mol. The molecule has 2 aromatic carbocycles. The molecule has 0 spiro atoms. The Balaban J connectivity index is 2.24. The lowest BCUT2D eigenvalue weighted by atomic mass is 9.92. The van der Waals surface area contributed by atoms with Crippen LogP contribution in [0.1, 0.15) is 22.6 Å². The van der Waals surface area contributed by atoms with Crippen LogP contribution in [0.3, 0.4) is 0 Å². The van der Waals surface area contributed by atoms with Gasteiger partial charge in [0.25, 0.3) is 0 Å². The molecule has 0 bridgehead atoms. The lowest BCUT2D eigenvalue weighted by Gasteiger charge is -2.16. The van der Waals surface area contributed by atoms with Crippen molar-refractivity contribution in [2.75, 3.05) is 5.33 Å². The first-order chi connectivity index (χ1) is 9.10. The highest BCUT2D eigenvalue weighted by Gasteiger charge is 2.14. The molecule has 1 atom stereocenters. The van der Waals surface area contributed by atoms with Crippen molar-refractivity contribution in [3.63, 3.8) is 0 Å². The van der Waals surface area contributed by atoms with Crippen LogP contribution >= 0.6 is 31.9 Å². The molecule has 0 aromatic heterocycles. The molecule has 0 aliphatic heterocycles. The first-order valence-corrected chi connectivity index (χ1v) is 8.08. The predicted molar refractivity (Wildman–Crippen MR) is 85.5 cm³/mol. The molecule has 19 heavy (non-hydrogen) atoms. The van der Waals surface area contributed by atoms with Gasteiger partial charge < -0.3 is 0 Å². The average molecular weight is 386 g/mol. The minimum absolute atomic E-state index is 0.145. The maximum absolute atomic E-state index is 13.9. The van der Waals surface area contributed by atoms with Gasteiger partial charge >= 0.3 is 0 Å². The summed E-state index contributed by atoms with van der Waals surface area (Å²) in [6.45, 7) is 2.08. The number of halogens is 3. The van der Waals surface area contributed by atoms with Crippen molar-refractivity contribution in [1.29, 1.82) is 0 Å². The standard InChI is InChI=1S/C16H15Br2F/c1-11-3-2-4-12(7-11)14(10-17)8-13-5-6-15(18)9-16(13)19/h2-7,9,14H,8,10H2,1H3. The van der Waals surface area contributed by atoms with Gasteiger partial charge in [-0.3, -0.25) is 0 Å². The minimum atomic E-state index is -0.145. The Bertz CT molecular complexity index is 566. The zero-order chi connectivity index (χ0) is 13.8. The third-order valence-corrected chi connectivity index (χ3v) is 4.46. The molecule has 0 aliphatic carbocycles. The second kappa shape index (κ2) is 6.67. The summed E-state index contributed by atoms with van der Waals surface area (Å²) in [5.41, 5.74) is 3.24. The highest BCUT2D eigenvalue weighted by molar-refractivity contribution is 9.10. The van der Waals surface area contributed by atoms with E-state index in [1.165, 1.54) is 17.2 Å². The third-order valence-electron chi connectivity index (χ3n) is 3.18. The minimum Gasteiger partial charge on any atom is -0.207 e. The molecule has 1 unspecified atom stereocenters. The van der Waals surface area contributed by atoms with Crippen LogP contribution in [0, 0.1) is 12.7 Å². The van der Waals surface area contributed by atoms with Gasteiger partial charge in [0.15, 0.2) is 0 Å². The number of benzene rings is 2. The SMILES string of the molecule is Cc1cccc(C(CBr)Cc2ccc(Br)cc2F)c1. The Hall–Kier alpha value is -0.670. The highest BCUT2D eigenvalue weighted by atomic mass is 79.9. The number of hydrogen-bond acceptors (Lipinski definition) is 0. The molecular formula is C16H15Br2F. The molecule has 2 aromatic rings. The average Bonchev–Trinajstić information content (AvgIpc) is 2.38. The molecule has 0 aliphatic rings. The van der Waals surface area contributed by atoms with Gasteiger partial charge in [-0.2, -0.15) is 0 Å². The van der Waals surface area contributed by atoms with Crippen LogP contribution in [0.4, 0.5) is 4.39 Å².